The van der Waals surface area contributed by atoms with E-state index in [9.17, 15) is 21.6 Å². The highest BCUT2D eigenvalue weighted by molar-refractivity contribution is 7.86. The third-order valence-corrected chi connectivity index (χ3v) is 5.49. The molecule has 2 heterocycles. The first kappa shape index (κ1) is 15.0. The molecular formula is C10H18F3N3O2S. The predicted molar refractivity (Wildman–Crippen MR) is 63.8 cm³/mol. The SMILES string of the molecule is O=S(=O)(N1CCCC1)N1CCN(CC(F)(F)F)CC1. The van der Waals surface area contributed by atoms with Gasteiger partial charge < -0.3 is 0 Å². The minimum Gasteiger partial charge on any atom is -0.292 e. The van der Waals surface area contributed by atoms with Crippen LogP contribution in [0.1, 0.15) is 12.8 Å². The fourth-order valence-electron chi connectivity index (χ4n) is 2.45. The summed E-state index contributed by atoms with van der Waals surface area (Å²) in [4.78, 5) is 1.25. The van der Waals surface area contributed by atoms with Crippen molar-refractivity contribution in [1.82, 2.24) is 13.5 Å². The molecule has 0 atom stereocenters. The maximum Gasteiger partial charge on any atom is 0.401 e. The topological polar surface area (TPSA) is 43.9 Å². The zero-order chi connectivity index (χ0) is 14.1. The molecule has 0 aromatic heterocycles. The van der Waals surface area contributed by atoms with E-state index >= 15 is 0 Å². The van der Waals surface area contributed by atoms with Gasteiger partial charge in [0.1, 0.15) is 0 Å². The fraction of sp³-hybridized carbons (Fsp3) is 1.00. The molecule has 9 heteroatoms. The van der Waals surface area contributed by atoms with Gasteiger partial charge in [-0.15, -0.1) is 0 Å². The van der Waals surface area contributed by atoms with Crippen molar-refractivity contribution in [2.75, 3.05) is 45.8 Å². The maximum atomic E-state index is 12.2. The molecule has 2 fully saturated rings. The van der Waals surface area contributed by atoms with E-state index in [0.29, 0.717) is 13.1 Å². The molecule has 2 aliphatic heterocycles. The first-order chi connectivity index (χ1) is 8.79. The summed E-state index contributed by atoms with van der Waals surface area (Å²) in [5.41, 5.74) is 0. The molecule has 5 nitrogen and oxygen atoms in total. The molecule has 0 aliphatic carbocycles. The Bertz CT molecular complexity index is 399. The van der Waals surface area contributed by atoms with E-state index in [2.05, 4.69) is 0 Å². The number of rotatable bonds is 3. The maximum absolute atomic E-state index is 12.2. The second-order valence-corrected chi connectivity index (χ2v) is 6.83. The summed E-state index contributed by atoms with van der Waals surface area (Å²) in [6, 6.07) is 0. The van der Waals surface area contributed by atoms with Crippen LogP contribution in [0.2, 0.25) is 0 Å². The van der Waals surface area contributed by atoms with Crippen LogP contribution in [0.25, 0.3) is 0 Å². The van der Waals surface area contributed by atoms with E-state index in [-0.39, 0.29) is 26.2 Å². The Kier molecular flexibility index (Phi) is 4.38. The molecule has 19 heavy (non-hydrogen) atoms. The lowest BCUT2D eigenvalue weighted by molar-refractivity contribution is -0.148. The van der Waals surface area contributed by atoms with Gasteiger partial charge in [-0.05, 0) is 12.8 Å². The molecule has 0 unspecified atom stereocenters. The van der Waals surface area contributed by atoms with Gasteiger partial charge >= 0.3 is 6.18 Å². The molecule has 2 rings (SSSR count). The summed E-state index contributed by atoms with van der Waals surface area (Å²) < 4.78 is 63.8. The summed E-state index contributed by atoms with van der Waals surface area (Å²) in [6.45, 7) is 0.601. The molecule has 0 aromatic rings. The highest BCUT2D eigenvalue weighted by Crippen LogP contribution is 2.20. The normalized spacial score (nSPS) is 25.0. The van der Waals surface area contributed by atoms with Crippen LogP contribution in [0, 0.1) is 0 Å². The lowest BCUT2D eigenvalue weighted by Gasteiger charge is -2.35. The monoisotopic (exact) mass is 301 g/mol. The van der Waals surface area contributed by atoms with Crippen molar-refractivity contribution < 1.29 is 21.6 Å². The molecule has 0 saturated carbocycles. The summed E-state index contributed by atoms with van der Waals surface area (Å²) in [7, 11) is -3.47. The van der Waals surface area contributed by atoms with Crippen molar-refractivity contribution >= 4 is 10.2 Å². The molecular weight excluding hydrogens is 283 g/mol. The largest absolute Gasteiger partial charge is 0.401 e. The Morgan fingerprint density at radius 2 is 1.32 bits per heavy atom. The van der Waals surface area contributed by atoms with Crippen molar-refractivity contribution in [3.63, 3.8) is 0 Å². The lowest BCUT2D eigenvalue weighted by atomic mass is 10.3. The van der Waals surface area contributed by atoms with Crippen molar-refractivity contribution in [2.24, 2.45) is 0 Å². The van der Waals surface area contributed by atoms with Gasteiger partial charge in [0.25, 0.3) is 10.2 Å². The van der Waals surface area contributed by atoms with E-state index in [4.69, 9.17) is 0 Å². The van der Waals surface area contributed by atoms with Gasteiger partial charge in [-0.2, -0.15) is 30.2 Å². The van der Waals surface area contributed by atoms with Crippen LogP contribution in [0.4, 0.5) is 13.2 Å². The number of hydrogen-bond donors (Lipinski definition) is 0. The third-order valence-electron chi connectivity index (χ3n) is 3.45. The lowest BCUT2D eigenvalue weighted by Crippen LogP contribution is -2.53. The minimum atomic E-state index is -4.23. The second-order valence-electron chi connectivity index (χ2n) is 4.90. The molecule has 0 N–H and O–H groups in total. The molecule has 0 amide bonds. The number of nitrogens with zero attached hydrogens (tertiary/aromatic N) is 3. The zero-order valence-electron chi connectivity index (χ0n) is 10.6. The van der Waals surface area contributed by atoms with Crippen LogP contribution in [-0.2, 0) is 10.2 Å². The summed E-state index contributed by atoms with van der Waals surface area (Å²) >= 11 is 0. The smallest absolute Gasteiger partial charge is 0.292 e. The predicted octanol–water partition coefficient (Wildman–Crippen LogP) is 0.507. The number of halogens is 3. The van der Waals surface area contributed by atoms with Crippen LogP contribution in [0.3, 0.4) is 0 Å². The van der Waals surface area contributed by atoms with Crippen LogP contribution >= 0.6 is 0 Å². The first-order valence-corrected chi connectivity index (χ1v) is 7.73. The molecule has 0 bridgehead atoms. The zero-order valence-corrected chi connectivity index (χ0v) is 11.4. The average molecular weight is 301 g/mol. The number of alkyl halides is 3. The average Bonchev–Trinajstić information content (AvgIpc) is 2.81. The van der Waals surface area contributed by atoms with E-state index in [1.807, 2.05) is 0 Å². The van der Waals surface area contributed by atoms with Crippen LogP contribution < -0.4 is 0 Å². The quantitative estimate of drug-likeness (QED) is 0.763. The van der Waals surface area contributed by atoms with Gasteiger partial charge in [-0.3, -0.25) is 4.90 Å². The Hall–Kier alpha value is -0.380. The Labute approximate surface area is 111 Å². The highest BCUT2D eigenvalue weighted by atomic mass is 32.2. The van der Waals surface area contributed by atoms with Gasteiger partial charge in [-0.1, -0.05) is 0 Å². The van der Waals surface area contributed by atoms with Crippen molar-refractivity contribution in [1.29, 1.82) is 0 Å². The van der Waals surface area contributed by atoms with E-state index in [1.54, 1.807) is 0 Å². The van der Waals surface area contributed by atoms with E-state index in [1.165, 1.54) is 13.5 Å². The molecule has 0 radical (unpaired) electrons. The second kappa shape index (κ2) is 5.55. The van der Waals surface area contributed by atoms with Crippen LogP contribution in [0.5, 0.6) is 0 Å². The van der Waals surface area contributed by atoms with E-state index in [0.717, 1.165) is 12.8 Å². The summed E-state index contributed by atoms with van der Waals surface area (Å²) in [5.74, 6) is 0. The molecule has 2 saturated heterocycles. The molecule has 0 spiro atoms. The molecule has 0 aromatic carbocycles. The van der Waals surface area contributed by atoms with Crippen LogP contribution in [0.15, 0.2) is 0 Å². The van der Waals surface area contributed by atoms with Crippen molar-refractivity contribution in [2.45, 2.75) is 19.0 Å². The number of hydrogen-bond acceptors (Lipinski definition) is 3. The van der Waals surface area contributed by atoms with Gasteiger partial charge in [0.2, 0.25) is 0 Å². The Morgan fingerprint density at radius 3 is 1.79 bits per heavy atom. The summed E-state index contributed by atoms with van der Waals surface area (Å²) in [6.07, 6.45) is -2.52. The fourth-order valence-corrected chi connectivity index (χ4v) is 4.13. The Morgan fingerprint density at radius 1 is 0.842 bits per heavy atom. The summed E-state index contributed by atoms with van der Waals surface area (Å²) in [5, 5.41) is 0. The van der Waals surface area contributed by atoms with Crippen LogP contribution in [-0.4, -0.2) is 73.9 Å². The Balaban J connectivity index is 1.89. The van der Waals surface area contributed by atoms with Crippen molar-refractivity contribution in [3.05, 3.63) is 0 Å². The van der Waals surface area contributed by atoms with Gasteiger partial charge in [0.15, 0.2) is 0 Å². The molecule has 112 valence electrons. The van der Waals surface area contributed by atoms with Gasteiger partial charge in [-0.25, -0.2) is 0 Å². The van der Waals surface area contributed by atoms with Gasteiger partial charge in [0.05, 0.1) is 6.54 Å². The van der Waals surface area contributed by atoms with E-state index < -0.39 is 22.9 Å². The first-order valence-electron chi connectivity index (χ1n) is 6.33. The highest BCUT2D eigenvalue weighted by Gasteiger charge is 2.36. The van der Waals surface area contributed by atoms with Crippen molar-refractivity contribution in [3.8, 4) is 0 Å². The number of piperazine rings is 1. The third kappa shape index (κ3) is 3.80. The molecule has 2 aliphatic rings. The minimum absolute atomic E-state index is 0.132. The van der Waals surface area contributed by atoms with Gasteiger partial charge in [0, 0.05) is 39.3 Å². The standard InChI is InChI=1S/C10H18F3N3O2S/c11-10(12,13)9-14-5-7-16(8-6-14)19(17,18)15-3-1-2-4-15/h1-9H2.